The van der Waals surface area contributed by atoms with Gasteiger partial charge in [0.15, 0.2) is 0 Å². The first-order chi connectivity index (χ1) is 11.1. The summed E-state index contributed by atoms with van der Waals surface area (Å²) >= 11 is 1.82. The molecule has 2 rings (SSSR count). The Kier molecular flexibility index (Phi) is 6.53. The van der Waals surface area contributed by atoms with E-state index in [4.69, 9.17) is 4.74 Å². The van der Waals surface area contributed by atoms with Crippen LogP contribution in [0.25, 0.3) is 0 Å². The van der Waals surface area contributed by atoms with Gasteiger partial charge >= 0.3 is 0 Å². The van der Waals surface area contributed by atoms with Crippen molar-refractivity contribution in [3.05, 3.63) is 64.7 Å². The van der Waals surface area contributed by atoms with E-state index in [1.54, 1.807) is 13.2 Å². The molecule has 4 heteroatoms. The molecule has 3 nitrogen and oxygen atoms in total. The van der Waals surface area contributed by atoms with E-state index in [1.807, 2.05) is 30.8 Å². The number of carbonyl (C=O) groups is 1. The van der Waals surface area contributed by atoms with Crippen molar-refractivity contribution >= 4 is 17.7 Å². The standard InChI is InChI=1S/C19H23NO2S/c1-14-4-6-16(7-5-14)13-23-11-10-20-19(21)17-8-9-18(22-3)15(2)12-17/h4-9,12H,10-11,13H2,1-3H3,(H,20,21). The van der Waals surface area contributed by atoms with Crippen molar-refractivity contribution in [1.29, 1.82) is 0 Å². The number of thioether (sulfide) groups is 1. The Balaban J connectivity index is 1.72. The smallest absolute Gasteiger partial charge is 0.251 e. The van der Waals surface area contributed by atoms with Crippen LogP contribution in [0.3, 0.4) is 0 Å². The van der Waals surface area contributed by atoms with Crippen molar-refractivity contribution in [2.24, 2.45) is 0 Å². The lowest BCUT2D eigenvalue weighted by atomic mass is 10.1. The second-order valence-corrected chi connectivity index (χ2v) is 6.58. The minimum absolute atomic E-state index is 0.0355. The monoisotopic (exact) mass is 329 g/mol. The van der Waals surface area contributed by atoms with Gasteiger partial charge in [0.1, 0.15) is 5.75 Å². The maximum Gasteiger partial charge on any atom is 0.251 e. The molecule has 0 fully saturated rings. The van der Waals surface area contributed by atoms with Crippen LogP contribution in [0.5, 0.6) is 5.75 Å². The van der Waals surface area contributed by atoms with E-state index in [2.05, 4.69) is 36.5 Å². The van der Waals surface area contributed by atoms with Gasteiger partial charge in [0.05, 0.1) is 7.11 Å². The Bertz CT molecular complexity index is 653. The first kappa shape index (κ1) is 17.4. The summed E-state index contributed by atoms with van der Waals surface area (Å²) in [5, 5.41) is 2.96. The molecule has 1 N–H and O–H groups in total. The molecule has 0 atom stereocenters. The van der Waals surface area contributed by atoms with Crippen LogP contribution in [-0.2, 0) is 5.75 Å². The fourth-order valence-corrected chi connectivity index (χ4v) is 3.05. The summed E-state index contributed by atoms with van der Waals surface area (Å²) in [4.78, 5) is 12.1. The molecule has 0 aliphatic carbocycles. The van der Waals surface area contributed by atoms with Gasteiger partial charge in [0.25, 0.3) is 5.91 Å². The highest BCUT2D eigenvalue weighted by Crippen LogP contribution is 2.18. The summed E-state index contributed by atoms with van der Waals surface area (Å²) in [7, 11) is 1.63. The first-order valence-electron chi connectivity index (χ1n) is 7.66. The number of ether oxygens (including phenoxy) is 1. The van der Waals surface area contributed by atoms with E-state index in [0.717, 1.165) is 22.8 Å². The molecule has 0 unspecified atom stereocenters. The molecule has 0 saturated carbocycles. The zero-order valence-electron chi connectivity index (χ0n) is 13.9. The Morgan fingerprint density at radius 1 is 1.13 bits per heavy atom. The van der Waals surface area contributed by atoms with E-state index in [0.29, 0.717) is 12.1 Å². The maximum absolute atomic E-state index is 12.1. The number of methoxy groups -OCH3 is 1. The SMILES string of the molecule is COc1ccc(C(=O)NCCSCc2ccc(C)cc2)cc1C. The van der Waals surface area contributed by atoms with Crippen LogP contribution in [0.2, 0.25) is 0 Å². The topological polar surface area (TPSA) is 38.3 Å². The number of hydrogen-bond donors (Lipinski definition) is 1. The average Bonchev–Trinajstić information content (AvgIpc) is 2.56. The summed E-state index contributed by atoms with van der Waals surface area (Å²) in [5.41, 5.74) is 4.24. The molecular formula is C19H23NO2S. The number of carbonyl (C=O) groups excluding carboxylic acids is 1. The number of amides is 1. The summed E-state index contributed by atoms with van der Waals surface area (Å²) in [6.07, 6.45) is 0. The van der Waals surface area contributed by atoms with Gasteiger partial charge in [0.2, 0.25) is 0 Å². The number of aryl methyl sites for hydroxylation is 2. The Labute approximate surface area is 142 Å². The van der Waals surface area contributed by atoms with E-state index in [1.165, 1.54) is 11.1 Å². The average molecular weight is 329 g/mol. The number of hydrogen-bond acceptors (Lipinski definition) is 3. The molecule has 2 aromatic rings. The molecule has 23 heavy (non-hydrogen) atoms. The van der Waals surface area contributed by atoms with Crippen LogP contribution in [0.1, 0.15) is 27.0 Å². The third-order valence-electron chi connectivity index (χ3n) is 3.58. The highest BCUT2D eigenvalue weighted by atomic mass is 32.2. The highest BCUT2D eigenvalue weighted by Gasteiger charge is 2.07. The number of nitrogens with one attached hydrogen (secondary N) is 1. The normalized spacial score (nSPS) is 10.4. The third kappa shape index (κ3) is 5.32. The van der Waals surface area contributed by atoms with Gasteiger partial charge in [-0.05, 0) is 43.2 Å². The van der Waals surface area contributed by atoms with Crippen molar-refractivity contribution in [3.63, 3.8) is 0 Å². The Hall–Kier alpha value is -1.94. The van der Waals surface area contributed by atoms with E-state index < -0.39 is 0 Å². The van der Waals surface area contributed by atoms with Gasteiger partial charge in [-0.2, -0.15) is 11.8 Å². The van der Waals surface area contributed by atoms with Crippen LogP contribution >= 0.6 is 11.8 Å². The largest absolute Gasteiger partial charge is 0.496 e. The van der Waals surface area contributed by atoms with E-state index in [9.17, 15) is 4.79 Å². The molecule has 0 saturated heterocycles. The molecule has 1 amide bonds. The molecule has 0 spiro atoms. The summed E-state index contributed by atoms with van der Waals surface area (Å²) in [6, 6.07) is 14.0. The minimum Gasteiger partial charge on any atom is -0.496 e. The summed E-state index contributed by atoms with van der Waals surface area (Å²) in [5.74, 6) is 2.63. The van der Waals surface area contributed by atoms with Crippen LogP contribution in [0, 0.1) is 13.8 Å². The zero-order valence-corrected chi connectivity index (χ0v) is 14.7. The van der Waals surface area contributed by atoms with Crippen LogP contribution in [0.15, 0.2) is 42.5 Å². The maximum atomic E-state index is 12.1. The van der Waals surface area contributed by atoms with Gasteiger partial charge in [-0.3, -0.25) is 4.79 Å². The van der Waals surface area contributed by atoms with E-state index in [-0.39, 0.29) is 5.91 Å². The van der Waals surface area contributed by atoms with Gasteiger partial charge < -0.3 is 10.1 Å². The first-order valence-corrected chi connectivity index (χ1v) is 8.82. The lowest BCUT2D eigenvalue weighted by molar-refractivity contribution is 0.0956. The second kappa shape index (κ2) is 8.63. The van der Waals surface area contributed by atoms with E-state index >= 15 is 0 Å². The zero-order chi connectivity index (χ0) is 16.7. The van der Waals surface area contributed by atoms with Crippen LogP contribution < -0.4 is 10.1 Å². The Morgan fingerprint density at radius 2 is 1.87 bits per heavy atom. The summed E-state index contributed by atoms with van der Waals surface area (Å²) < 4.78 is 5.21. The van der Waals surface area contributed by atoms with Crippen molar-refractivity contribution in [2.75, 3.05) is 19.4 Å². The van der Waals surface area contributed by atoms with Crippen molar-refractivity contribution in [1.82, 2.24) is 5.32 Å². The van der Waals surface area contributed by atoms with Gasteiger partial charge in [-0.1, -0.05) is 29.8 Å². The number of benzene rings is 2. The quantitative estimate of drug-likeness (QED) is 0.781. The Morgan fingerprint density at radius 3 is 2.52 bits per heavy atom. The molecule has 0 heterocycles. The van der Waals surface area contributed by atoms with Crippen molar-refractivity contribution in [2.45, 2.75) is 19.6 Å². The predicted molar refractivity (Wildman–Crippen MR) is 97.4 cm³/mol. The minimum atomic E-state index is -0.0355. The van der Waals surface area contributed by atoms with Crippen molar-refractivity contribution < 1.29 is 9.53 Å². The van der Waals surface area contributed by atoms with Gasteiger partial charge in [-0.25, -0.2) is 0 Å². The second-order valence-electron chi connectivity index (χ2n) is 5.48. The fourth-order valence-electron chi connectivity index (χ4n) is 2.23. The number of rotatable bonds is 7. The van der Waals surface area contributed by atoms with Gasteiger partial charge in [0, 0.05) is 23.6 Å². The molecule has 0 aliphatic heterocycles. The lowest BCUT2D eigenvalue weighted by Crippen LogP contribution is -2.25. The molecule has 0 aromatic heterocycles. The third-order valence-corrected chi connectivity index (χ3v) is 4.61. The lowest BCUT2D eigenvalue weighted by Gasteiger charge is -2.08. The molecule has 0 radical (unpaired) electrons. The summed E-state index contributed by atoms with van der Waals surface area (Å²) in [6.45, 7) is 4.70. The van der Waals surface area contributed by atoms with Crippen molar-refractivity contribution in [3.8, 4) is 5.75 Å². The molecular weight excluding hydrogens is 306 g/mol. The molecule has 122 valence electrons. The molecule has 0 bridgehead atoms. The van der Waals surface area contributed by atoms with Crippen LogP contribution in [0.4, 0.5) is 0 Å². The fraction of sp³-hybridized carbons (Fsp3) is 0.316. The molecule has 0 aliphatic rings. The predicted octanol–water partition coefficient (Wildman–Crippen LogP) is 3.98. The van der Waals surface area contributed by atoms with Crippen LogP contribution in [-0.4, -0.2) is 25.3 Å². The molecule has 2 aromatic carbocycles. The highest BCUT2D eigenvalue weighted by molar-refractivity contribution is 7.98. The van der Waals surface area contributed by atoms with Gasteiger partial charge in [-0.15, -0.1) is 0 Å².